The van der Waals surface area contributed by atoms with Crippen LogP contribution in [0.3, 0.4) is 0 Å². The molecule has 0 aliphatic carbocycles. The van der Waals surface area contributed by atoms with Crippen LogP contribution in [0.1, 0.15) is 20.3 Å². The first-order valence-corrected chi connectivity index (χ1v) is 2.36. The van der Waals surface area contributed by atoms with E-state index < -0.39 is 0 Å². The van der Waals surface area contributed by atoms with Crippen LogP contribution in [0.2, 0.25) is 0 Å². The van der Waals surface area contributed by atoms with Gasteiger partial charge in [-0.05, 0) is 0 Å². The summed E-state index contributed by atoms with van der Waals surface area (Å²) in [5, 5.41) is 0. The van der Waals surface area contributed by atoms with Gasteiger partial charge in [0.2, 0.25) is 0 Å². The standard InChI is InChI=1S/C6H11.2CH3.H2N.Pd/c1-3-5-6-4-2;;;;/h3,5-6H,4H2,1-2H3;2*1H3;1H2;/q4*-1;. The van der Waals surface area contributed by atoms with E-state index in [0.717, 1.165) is 6.42 Å². The van der Waals surface area contributed by atoms with Crippen LogP contribution in [0.25, 0.3) is 6.15 Å². The zero-order chi connectivity index (χ0) is 4.83. The van der Waals surface area contributed by atoms with E-state index >= 15 is 0 Å². The Hall–Kier alpha value is 0.232. The third-order valence-corrected chi connectivity index (χ3v) is 0.564. The maximum Gasteiger partial charge on any atom is 0 e. The molecule has 70 valence electrons. The van der Waals surface area contributed by atoms with E-state index in [1.54, 1.807) is 0 Å². The third-order valence-electron chi connectivity index (χ3n) is 0.564. The molecule has 0 aliphatic rings. The van der Waals surface area contributed by atoms with E-state index in [9.17, 15) is 0 Å². The average molecular weight is 236 g/mol. The van der Waals surface area contributed by atoms with Crippen LogP contribution in [0, 0.1) is 21.3 Å². The van der Waals surface area contributed by atoms with Gasteiger partial charge in [-0.15, -0.1) is 13.3 Å². The van der Waals surface area contributed by atoms with Crippen LogP contribution < -0.4 is 0 Å². The van der Waals surface area contributed by atoms with Crippen LogP contribution in [0.4, 0.5) is 0 Å². The number of hydrogen-bond acceptors (Lipinski definition) is 0. The van der Waals surface area contributed by atoms with Gasteiger partial charge in [-0.25, -0.2) is 18.6 Å². The monoisotopic (exact) mass is 235 g/mol. The first kappa shape index (κ1) is 31.9. The molecule has 0 aromatic carbocycles. The summed E-state index contributed by atoms with van der Waals surface area (Å²) in [5.41, 5.74) is 0. The number of rotatable bonds is 2. The minimum Gasteiger partial charge on any atom is -0.693 e. The molecule has 0 aromatic rings. The normalized spacial score (nSPS) is 5.80. The molecular formula is C8H19NPd-4. The average Bonchev–Trinajstić information content (AvgIpc) is 1.61. The van der Waals surface area contributed by atoms with Gasteiger partial charge >= 0.3 is 0 Å². The molecule has 0 amide bonds. The fraction of sp³-hybridized carbons (Fsp3) is 0.375. The van der Waals surface area contributed by atoms with Gasteiger partial charge in [0.25, 0.3) is 0 Å². The Kier molecular flexibility index (Phi) is 111. The summed E-state index contributed by atoms with van der Waals surface area (Å²) in [6, 6.07) is 0. The number of allylic oxidation sites excluding steroid dienone is 2. The van der Waals surface area contributed by atoms with Crippen molar-refractivity contribution in [2.24, 2.45) is 0 Å². The molecule has 2 heteroatoms. The Morgan fingerprint density at radius 2 is 1.70 bits per heavy atom. The zero-order valence-electron chi connectivity index (χ0n) is 7.33. The Labute approximate surface area is 80.5 Å². The van der Waals surface area contributed by atoms with Gasteiger partial charge in [-0.2, -0.15) is 0 Å². The van der Waals surface area contributed by atoms with E-state index in [2.05, 4.69) is 19.1 Å². The summed E-state index contributed by atoms with van der Waals surface area (Å²) in [6.45, 7) is 4.14. The predicted molar refractivity (Wildman–Crippen MR) is 47.5 cm³/mol. The molecular weight excluding hydrogens is 217 g/mol. The second kappa shape index (κ2) is 34.9. The number of hydrogen-bond donors (Lipinski definition) is 0. The summed E-state index contributed by atoms with van der Waals surface area (Å²) in [6.07, 6.45) is 7.36. The van der Waals surface area contributed by atoms with E-state index in [-0.39, 0.29) is 41.4 Å². The van der Waals surface area contributed by atoms with Gasteiger partial charge in [0.1, 0.15) is 0 Å². The van der Waals surface area contributed by atoms with E-state index in [0.29, 0.717) is 0 Å². The Morgan fingerprint density at radius 3 is 1.80 bits per heavy atom. The quantitative estimate of drug-likeness (QED) is 0.515. The molecule has 0 saturated carbocycles. The van der Waals surface area contributed by atoms with Crippen molar-refractivity contribution in [3.63, 3.8) is 0 Å². The fourth-order valence-corrected chi connectivity index (χ4v) is 0.272. The van der Waals surface area contributed by atoms with Gasteiger partial charge in [0.05, 0.1) is 0 Å². The van der Waals surface area contributed by atoms with Crippen LogP contribution in [0.15, 0.2) is 12.2 Å². The summed E-state index contributed by atoms with van der Waals surface area (Å²) < 4.78 is 0. The predicted octanol–water partition coefficient (Wildman–Crippen LogP) is 3.79. The van der Waals surface area contributed by atoms with Crippen LogP contribution in [-0.2, 0) is 20.4 Å². The van der Waals surface area contributed by atoms with Crippen LogP contribution in [-0.4, -0.2) is 0 Å². The minimum atomic E-state index is 0. The second-order valence-electron chi connectivity index (χ2n) is 1.17. The molecule has 0 aromatic heterocycles. The Balaban J connectivity index is -0.0000000208. The van der Waals surface area contributed by atoms with Crippen LogP contribution in [0.5, 0.6) is 0 Å². The smallest absolute Gasteiger partial charge is 0 e. The van der Waals surface area contributed by atoms with Crippen molar-refractivity contribution in [1.29, 1.82) is 0 Å². The molecule has 0 unspecified atom stereocenters. The van der Waals surface area contributed by atoms with E-state index in [1.165, 1.54) is 0 Å². The summed E-state index contributed by atoms with van der Waals surface area (Å²) in [7, 11) is 0. The van der Waals surface area contributed by atoms with E-state index in [1.807, 2.05) is 13.3 Å². The molecule has 0 aliphatic heterocycles. The Bertz CT molecular complexity index is 38.5. The second-order valence-corrected chi connectivity index (χ2v) is 1.17. The van der Waals surface area contributed by atoms with Crippen LogP contribution >= 0.6 is 0 Å². The van der Waals surface area contributed by atoms with Gasteiger partial charge in [0.15, 0.2) is 0 Å². The molecule has 2 N–H and O–H groups in total. The Morgan fingerprint density at radius 1 is 1.30 bits per heavy atom. The van der Waals surface area contributed by atoms with Crippen molar-refractivity contribution in [2.75, 3.05) is 0 Å². The van der Waals surface area contributed by atoms with Crippen molar-refractivity contribution in [1.82, 2.24) is 0 Å². The van der Waals surface area contributed by atoms with Gasteiger partial charge < -0.3 is 21.0 Å². The molecule has 10 heavy (non-hydrogen) atoms. The van der Waals surface area contributed by atoms with Crippen molar-refractivity contribution in [2.45, 2.75) is 20.3 Å². The van der Waals surface area contributed by atoms with E-state index in [4.69, 9.17) is 0 Å². The molecule has 0 atom stereocenters. The van der Waals surface area contributed by atoms with Crippen molar-refractivity contribution >= 4 is 0 Å². The molecule has 0 bridgehead atoms. The van der Waals surface area contributed by atoms with Crippen molar-refractivity contribution < 1.29 is 20.4 Å². The SMILES string of the molecule is C[CH-]C=CCC.[CH3-].[CH3-].[NH2-].[Pd]. The topological polar surface area (TPSA) is 33.5 Å². The fourth-order valence-electron chi connectivity index (χ4n) is 0.272. The number of nitrogens with two attached hydrogens (primary N) is 1. The first-order valence-electron chi connectivity index (χ1n) is 2.36. The van der Waals surface area contributed by atoms with Crippen molar-refractivity contribution in [3.05, 3.63) is 39.6 Å². The summed E-state index contributed by atoms with van der Waals surface area (Å²) in [4.78, 5) is 0. The van der Waals surface area contributed by atoms with Gasteiger partial charge in [-0.1, -0.05) is 6.92 Å². The summed E-state index contributed by atoms with van der Waals surface area (Å²) >= 11 is 0. The summed E-state index contributed by atoms with van der Waals surface area (Å²) in [5.74, 6) is 0. The van der Waals surface area contributed by atoms with Crippen molar-refractivity contribution in [3.8, 4) is 0 Å². The molecule has 1 nitrogen and oxygen atoms in total. The molecule has 0 rings (SSSR count). The molecule has 0 spiro atoms. The molecule has 0 radical (unpaired) electrons. The molecule has 0 heterocycles. The maximum atomic E-state index is 2.12. The zero-order valence-corrected chi connectivity index (χ0v) is 8.89. The maximum absolute atomic E-state index is 2.12. The van der Waals surface area contributed by atoms with Gasteiger partial charge in [0, 0.05) is 20.4 Å². The third kappa shape index (κ3) is 41.2. The molecule has 0 saturated heterocycles. The molecule has 0 fully saturated rings. The minimum absolute atomic E-state index is 0. The van der Waals surface area contributed by atoms with Gasteiger partial charge in [-0.3, -0.25) is 0 Å². The largest absolute Gasteiger partial charge is 0.693 e. The first-order chi connectivity index (χ1) is 2.91.